The molecule has 188 valence electrons. The first kappa shape index (κ1) is 25.5. The fourth-order valence-electron chi connectivity index (χ4n) is 4.04. The highest BCUT2D eigenvalue weighted by atomic mass is 35.5. The van der Waals surface area contributed by atoms with E-state index in [0.717, 1.165) is 24.0 Å². The van der Waals surface area contributed by atoms with Gasteiger partial charge in [-0.25, -0.2) is 9.78 Å². The molecule has 1 saturated heterocycles. The number of carbonyl (C=O) groups is 2. The summed E-state index contributed by atoms with van der Waals surface area (Å²) in [6.07, 6.45) is 2.99. The highest BCUT2D eigenvalue weighted by Gasteiger charge is 2.24. The monoisotopic (exact) mass is 506 g/mol. The van der Waals surface area contributed by atoms with E-state index in [4.69, 9.17) is 16.3 Å². The average Bonchev–Trinajstić information content (AvgIpc) is 2.91. The van der Waals surface area contributed by atoms with Crippen LogP contribution in [0.25, 0.3) is 0 Å². The highest BCUT2D eigenvalue weighted by molar-refractivity contribution is 6.30. The molecule has 2 heterocycles. The number of likely N-dealkylation sites (tertiary alicyclic amines) is 1. The summed E-state index contributed by atoms with van der Waals surface area (Å²) in [6.45, 7) is 4.71. The fraction of sp³-hybridized carbons (Fsp3) is 0.321. The summed E-state index contributed by atoms with van der Waals surface area (Å²) in [4.78, 5) is 31.1. The molecule has 1 aliphatic rings. The Morgan fingerprint density at radius 3 is 2.44 bits per heavy atom. The molecule has 4 rings (SSSR count). The van der Waals surface area contributed by atoms with Crippen LogP contribution in [-0.4, -0.2) is 41.5 Å². The predicted molar refractivity (Wildman–Crippen MR) is 141 cm³/mol. The van der Waals surface area contributed by atoms with Crippen LogP contribution in [0.1, 0.15) is 39.9 Å². The minimum Gasteiger partial charge on any atom is -0.445 e. The Kier molecular flexibility index (Phi) is 8.79. The molecule has 0 saturated carbocycles. The van der Waals surface area contributed by atoms with Gasteiger partial charge in [-0.1, -0.05) is 53.6 Å². The first-order valence-electron chi connectivity index (χ1n) is 12.2. The van der Waals surface area contributed by atoms with Gasteiger partial charge in [0.05, 0.1) is 0 Å². The van der Waals surface area contributed by atoms with E-state index in [1.165, 1.54) is 5.56 Å². The molecule has 2 N–H and O–H groups in total. The first-order valence-corrected chi connectivity index (χ1v) is 12.5. The van der Waals surface area contributed by atoms with E-state index >= 15 is 0 Å². The molecule has 1 aromatic heterocycles. The SMILES string of the molecule is Cc1ccc(COC(=O)N2CCC(CNC(=O)c3ccnc(NCc4ccc(Cl)cc4)c3)CC2)cc1. The van der Waals surface area contributed by atoms with Crippen LogP contribution in [0, 0.1) is 12.8 Å². The van der Waals surface area contributed by atoms with E-state index in [2.05, 4.69) is 15.6 Å². The lowest BCUT2D eigenvalue weighted by molar-refractivity contribution is 0.0801. The molecule has 0 radical (unpaired) electrons. The van der Waals surface area contributed by atoms with Gasteiger partial charge in [0.2, 0.25) is 0 Å². The number of aromatic nitrogens is 1. The smallest absolute Gasteiger partial charge is 0.410 e. The standard InChI is InChI=1S/C28H31ClN4O3/c1-20-2-4-23(5-3-20)19-36-28(35)33-14-11-22(12-15-33)18-32-27(34)24-10-13-30-26(16-24)31-17-21-6-8-25(29)9-7-21/h2-10,13,16,22H,11-12,14-15,17-19H2,1H3,(H,30,31)(H,32,34). The van der Waals surface area contributed by atoms with Gasteiger partial charge in [-0.3, -0.25) is 4.79 Å². The number of nitrogens with one attached hydrogen (secondary N) is 2. The Balaban J connectivity index is 1.18. The van der Waals surface area contributed by atoms with Gasteiger partial charge in [0.1, 0.15) is 12.4 Å². The van der Waals surface area contributed by atoms with Crippen molar-refractivity contribution in [3.05, 3.63) is 94.1 Å². The van der Waals surface area contributed by atoms with E-state index in [0.29, 0.717) is 48.5 Å². The quantitative estimate of drug-likeness (QED) is 0.425. The molecular weight excluding hydrogens is 476 g/mol. The number of amides is 2. The Labute approximate surface area is 216 Å². The van der Waals surface area contributed by atoms with Crippen LogP contribution in [0.5, 0.6) is 0 Å². The third-order valence-electron chi connectivity index (χ3n) is 6.32. The molecule has 0 aliphatic carbocycles. The topological polar surface area (TPSA) is 83.6 Å². The second-order valence-electron chi connectivity index (χ2n) is 9.09. The zero-order valence-corrected chi connectivity index (χ0v) is 21.1. The van der Waals surface area contributed by atoms with Gasteiger partial charge in [-0.15, -0.1) is 0 Å². The molecule has 1 fully saturated rings. The van der Waals surface area contributed by atoms with E-state index in [-0.39, 0.29) is 18.6 Å². The molecule has 36 heavy (non-hydrogen) atoms. The number of rotatable bonds is 8. The summed E-state index contributed by atoms with van der Waals surface area (Å²) in [6, 6.07) is 19.0. The maximum Gasteiger partial charge on any atom is 0.410 e. The van der Waals surface area contributed by atoms with Crippen molar-refractivity contribution < 1.29 is 14.3 Å². The number of aryl methyl sites for hydroxylation is 1. The summed E-state index contributed by atoms with van der Waals surface area (Å²) in [5, 5.41) is 6.96. The third kappa shape index (κ3) is 7.46. The maximum atomic E-state index is 12.7. The van der Waals surface area contributed by atoms with Crippen LogP contribution >= 0.6 is 11.6 Å². The van der Waals surface area contributed by atoms with Gasteiger partial charge < -0.3 is 20.3 Å². The molecule has 8 heteroatoms. The van der Waals surface area contributed by atoms with E-state index in [9.17, 15) is 9.59 Å². The van der Waals surface area contributed by atoms with Gasteiger partial charge >= 0.3 is 6.09 Å². The van der Waals surface area contributed by atoms with Crippen molar-refractivity contribution in [2.24, 2.45) is 5.92 Å². The third-order valence-corrected chi connectivity index (χ3v) is 6.57. The molecule has 2 aromatic carbocycles. The second-order valence-corrected chi connectivity index (χ2v) is 9.53. The number of pyridine rings is 1. The molecule has 0 spiro atoms. The van der Waals surface area contributed by atoms with Crippen LogP contribution in [0.3, 0.4) is 0 Å². The summed E-state index contributed by atoms with van der Waals surface area (Å²) in [5.41, 5.74) is 3.78. The first-order chi connectivity index (χ1) is 17.5. The van der Waals surface area contributed by atoms with E-state index in [1.54, 1.807) is 23.2 Å². The number of benzene rings is 2. The molecule has 2 amide bonds. The molecule has 3 aromatic rings. The van der Waals surface area contributed by atoms with Crippen molar-refractivity contribution >= 4 is 29.4 Å². The molecule has 1 aliphatic heterocycles. The number of halogens is 1. The van der Waals surface area contributed by atoms with Crippen molar-refractivity contribution in [3.63, 3.8) is 0 Å². The van der Waals surface area contributed by atoms with Crippen LogP contribution in [-0.2, 0) is 17.9 Å². The zero-order valence-electron chi connectivity index (χ0n) is 20.4. The number of ether oxygens (including phenoxy) is 1. The fourth-order valence-corrected chi connectivity index (χ4v) is 4.17. The number of anilines is 1. The normalized spacial score (nSPS) is 13.8. The average molecular weight is 507 g/mol. The minimum absolute atomic E-state index is 0.133. The minimum atomic E-state index is -0.284. The summed E-state index contributed by atoms with van der Waals surface area (Å²) >= 11 is 5.93. The number of piperidine rings is 1. The van der Waals surface area contributed by atoms with Crippen LogP contribution in [0.15, 0.2) is 66.9 Å². The highest BCUT2D eigenvalue weighted by Crippen LogP contribution is 2.18. The molecule has 0 atom stereocenters. The summed E-state index contributed by atoms with van der Waals surface area (Å²) in [7, 11) is 0. The van der Waals surface area contributed by atoms with Gasteiger partial charge in [-0.05, 0) is 61.1 Å². The van der Waals surface area contributed by atoms with Crippen LogP contribution in [0.4, 0.5) is 10.6 Å². The number of nitrogens with zero attached hydrogens (tertiary/aromatic N) is 2. The maximum absolute atomic E-state index is 12.7. The predicted octanol–water partition coefficient (Wildman–Crippen LogP) is 5.43. The van der Waals surface area contributed by atoms with E-state index in [1.807, 2.05) is 55.5 Å². The lowest BCUT2D eigenvalue weighted by Crippen LogP contribution is -2.41. The molecular formula is C28H31ClN4O3. The summed E-state index contributed by atoms with van der Waals surface area (Å²) in [5.74, 6) is 0.821. The van der Waals surface area contributed by atoms with Gasteiger partial charge in [0, 0.05) is 43.0 Å². The van der Waals surface area contributed by atoms with Crippen molar-refractivity contribution in [3.8, 4) is 0 Å². The summed E-state index contributed by atoms with van der Waals surface area (Å²) < 4.78 is 5.46. The largest absolute Gasteiger partial charge is 0.445 e. The number of carbonyl (C=O) groups excluding carboxylic acids is 2. The Morgan fingerprint density at radius 1 is 1.03 bits per heavy atom. The van der Waals surface area contributed by atoms with E-state index < -0.39 is 0 Å². The Hall–Kier alpha value is -3.58. The van der Waals surface area contributed by atoms with Crippen LogP contribution in [0.2, 0.25) is 5.02 Å². The van der Waals surface area contributed by atoms with Crippen molar-refractivity contribution in [2.45, 2.75) is 32.9 Å². The molecule has 7 nitrogen and oxygen atoms in total. The van der Waals surface area contributed by atoms with Gasteiger partial charge in [0.25, 0.3) is 5.91 Å². The lowest BCUT2D eigenvalue weighted by atomic mass is 9.97. The van der Waals surface area contributed by atoms with Crippen molar-refractivity contribution in [2.75, 3.05) is 25.0 Å². The molecule has 0 unspecified atom stereocenters. The van der Waals surface area contributed by atoms with Crippen molar-refractivity contribution in [1.82, 2.24) is 15.2 Å². The Bertz CT molecular complexity index is 1160. The van der Waals surface area contributed by atoms with Crippen molar-refractivity contribution in [1.29, 1.82) is 0 Å². The molecule has 0 bridgehead atoms. The van der Waals surface area contributed by atoms with Gasteiger partial charge in [-0.2, -0.15) is 0 Å². The van der Waals surface area contributed by atoms with Crippen LogP contribution < -0.4 is 10.6 Å². The number of hydrogen-bond acceptors (Lipinski definition) is 5. The second kappa shape index (κ2) is 12.4. The Morgan fingerprint density at radius 2 is 1.72 bits per heavy atom. The number of hydrogen-bond donors (Lipinski definition) is 2. The lowest BCUT2D eigenvalue weighted by Gasteiger charge is -2.31. The zero-order chi connectivity index (χ0) is 25.3. The van der Waals surface area contributed by atoms with Gasteiger partial charge in [0.15, 0.2) is 0 Å².